The lowest BCUT2D eigenvalue weighted by atomic mass is 9.88. The molecular weight excluding hydrogens is 529 g/mol. The van der Waals surface area contributed by atoms with Gasteiger partial charge in [0, 0.05) is 24.7 Å². The highest BCUT2D eigenvalue weighted by Crippen LogP contribution is 2.30. The molecule has 5 nitrogen and oxygen atoms in total. The van der Waals surface area contributed by atoms with Crippen molar-refractivity contribution in [3.8, 4) is 0 Å². The number of ether oxygens (including phenoxy) is 1. The number of urea groups is 1. The van der Waals surface area contributed by atoms with Crippen LogP contribution in [-0.4, -0.2) is 30.1 Å². The van der Waals surface area contributed by atoms with Crippen LogP contribution in [-0.2, 0) is 17.5 Å². The quantitative estimate of drug-likeness (QED) is 0.199. The van der Waals surface area contributed by atoms with Crippen molar-refractivity contribution in [3.63, 3.8) is 0 Å². The molecule has 0 bridgehead atoms. The molecule has 1 N–H and O–H groups in total. The first-order valence-corrected chi connectivity index (χ1v) is 13.3. The molecule has 0 heterocycles. The zero-order valence-corrected chi connectivity index (χ0v) is 22.6. The van der Waals surface area contributed by atoms with Crippen molar-refractivity contribution in [2.75, 3.05) is 18.5 Å². The van der Waals surface area contributed by atoms with E-state index in [4.69, 9.17) is 4.74 Å². The molecule has 4 rings (SSSR count). The summed E-state index contributed by atoms with van der Waals surface area (Å²) >= 11 is 0. The Morgan fingerprint density at radius 2 is 1.37 bits per heavy atom. The number of benzene rings is 4. The third-order valence-electron chi connectivity index (χ3n) is 6.68. The summed E-state index contributed by atoms with van der Waals surface area (Å²) in [4.78, 5) is 27.0. The molecule has 2 amide bonds. The van der Waals surface area contributed by atoms with Gasteiger partial charge in [-0.2, -0.15) is 13.2 Å². The summed E-state index contributed by atoms with van der Waals surface area (Å²) in [6.45, 7) is 2.42. The fraction of sp³-hybridized carbons (Fsp3) is 0.212. The number of rotatable bonds is 10. The second-order valence-electron chi connectivity index (χ2n) is 9.51. The molecule has 0 aliphatic heterocycles. The van der Waals surface area contributed by atoms with Crippen LogP contribution in [0.5, 0.6) is 0 Å². The number of esters is 1. The van der Waals surface area contributed by atoms with Gasteiger partial charge in [0.1, 0.15) is 0 Å². The molecule has 0 saturated heterocycles. The molecule has 0 spiro atoms. The molecule has 4 aromatic rings. The van der Waals surface area contributed by atoms with Crippen molar-refractivity contribution >= 4 is 17.7 Å². The van der Waals surface area contributed by atoms with Gasteiger partial charge in [-0.3, -0.25) is 0 Å². The Bertz CT molecular complexity index is 1370. The molecule has 0 radical (unpaired) electrons. The zero-order valence-electron chi connectivity index (χ0n) is 22.6. The second kappa shape index (κ2) is 13.7. The van der Waals surface area contributed by atoms with Gasteiger partial charge in [0.05, 0.1) is 17.7 Å². The van der Waals surface area contributed by atoms with Gasteiger partial charge in [0.2, 0.25) is 0 Å². The molecule has 0 atom stereocenters. The van der Waals surface area contributed by atoms with Crippen molar-refractivity contribution in [3.05, 3.63) is 137 Å². The Kier molecular flexibility index (Phi) is 9.79. The molecule has 8 heteroatoms. The number of nitrogens with zero attached hydrogens (tertiary/aromatic N) is 1. The summed E-state index contributed by atoms with van der Waals surface area (Å²) in [6, 6.07) is 30.7. The predicted octanol–water partition coefficient (Wildman–Crippen LogP) is 8.14. The molecule has 4 aromatic carbocycles. The summed E-state index contributed by atoms with van der Waals surface area (Å²) < 4.78 is 44.3. The first kappa shape index (κ1) is 29.4. The molecule has 212 valence electrons. The Labute approximate surface area is 237 Å². The maximum atomic E-state index is 13.5. The topological polar surface area (TPSA) is 58.6 Å². The monoisotopic (exact) mass is 560 g/mol. The highest BCUT2D eigenvalue weighted by Gasteiger charge is 2.30. The van der Waals surface area contributed by atoms with Gasteiger partial charge >= 0.3 is 18.2 Å². The standard InChI is InChI=1S/C33H31F3N2O3/c1-2-41-31(39)27-15-19-29(20-16-27)37-32(40)38(23-24-13-17-28(18-14-24)33(34,35)36)22-21-30(25-9-5-3-6-10-25)26-11-7-4-8-12-26/h3-20,30H,2,21-23H2,1H3,(H,37,40). The SMILES string of the molecule is CCOC(=O)c1ccc(NC(=O)N(CCC(c2ccccc2)c2ccccc2)Cc2ccc(C(F)(F)F)cc2)cc1. The van der Waals surface area contributed by atoms with Crippen molar-refractivity contribution < 1.29 is 27.5 Å². The Hall–Kier alpha value is -4.59. The van der Waals surface area contributed by atoms with Crippen molar-refractivity contribution in [2.24, 2.45) is 0 Å². The normalized spacial score (nSPS) is 11.2. The summed E-state index contributed by atoms with van der Waals surface area (Å²) in [5.74, 6) is -0.452. The van der Waals surface area contributed by atoms with Gasteiger partial charge in [0.25, 0.3) is 0 Å². The number of nitrogens with one attached hydrogen (secondary N) is 1. The van der Waals surface area contributed by atoms with Crippen LogP contribution in [0.2, 0.25) is 0 Å². The average Bonchev–Trinajstić information content (AvgIpc) is 2.98. The lowest BCUT2D eigenvalue weighted by Gasteiger charge is -2.27. The summed E-state index contributed by atoms with van der Waals surface area (Å²) in [5.41, 5.74) is 2.86. The van der Waals surface area contributed by atoms with E-state index in [-0.39, 0.29) is 19.1 Å². The highest BCUT2D eigenvalue weighted by molar-refractivity contribution is 5.92. The first-order chi connectivity index (χ1) is 19.7. The Balaban J connectivity index is 1.56. The lowest BCUT2D eigenvalue weighted by molar-refractivity contribution is -0.137. The Morgan fingerprint density at radius 3 is 1.88 bits per heavy atom. The zero-order chi connectivity index (χ0) is 29.2. The van der Waals surface area contributed by atoms with E-state index in [1.165, 1.54) is 12.1 Å². The predicted molar refractivity (Wildman–Crippen MR) is 153 cm³/mol. The molecule has 0 saturated carbocycles. The largest absolute Gasteiger partial charge is 0.462 e. The summed E-state index contributed by atoms with van der Waals surface area (Å²) in [7, 11) is 0. The van der Waals surface area contributed by atoms with Crippen LogP contribution < -0.4 is 5.32 Å². The van der Waals surface area contributed by atoms with Crippen LogP contribution >= 0.6 is 0 Å². The summed E-state index contributed by atoms with van der Waals surface area (Å²) in [6.07, 6.45) is -3.85. The third kappa shape index (κ3) is 8.20. The van der Waals surface area contributed by atoms with E-state index in [0.717, 1.165) is 23.3 Å². The average molecular weight is 561 g/mol. The van der Waals surface area contributed by atoms with Gasteiger partial charge in [-0.25, -0.2) is 9.59 Å². The molecule has 0 aromatic heterocycles. The number of carbonyl (C=O) groups excluding carboxylic acids is 2. The van der Waals surface area contributed by atoms with Crippen molar-refractivity contribution in [2.45, 2.75) is 32.0 Å². The molecule has 0 aliphatic rings. The van der Waals surface area contributed by atoms with Crippen LogP contribution in [0.4, 0.5) is 23.7 Å². The van der Waals surface area contributed by atoms with Gasteiger partial charge in [-0.1, -0.05) is 72.8 Å². The van der Waals surface area contributed by atoms with Crippen LogP contribution in [0.15, 0.2) is 109 Å². The number of alkyl halides is 3. The number of anilines is 1. The molecule has 41 heavy (non-hydrogen) atoms. The number of halogens is 3. The molecule has 0 aliphatic carbocycles. The highest BCUT2D eigenvalue weighted by atomic mass is 19.4. The molecule has 0 fully saturated rings. The van der Waals surface area contributed by atoms with Gasteiger partial charge in [-0.15, -0.1) is 0 Å². The van der Waals surface area contributed by atoms with Crippen molar-refractivity contribution in [1.29, 1.82) is 0 Å². The van der Waals surface area contributed by atoms with Crippen LogP contribution in [0.3, 0.4) is 0 Å². The number of carbonyl (C=O) groups is 2. The maximum Gasteiger partial charge on any atom is 0.416 e. The van der Waals surface area contributed by atoms with Crippen molar-refractivity contribution in [1.82, 2.24) is 4.90 Å². The van der Waals surface area contributed by atoms with E-state index in [0.29, 0.717) is 29.8 Å². The summed E-state index contributed by atoms with van der Waals surface area (Å²) in [5, 5.41) is 2.85. The fourth-order valence-electron chi connectivity index (χ4n) is 4.56. The minimum absolute atomic E-state index is 0.00386. The Morgan fingerprint density at radius 1 is 0.805 bits per heavy atom. The first-order valence-electron chi connectivity index (χ1n) is 13.3. The van der Waals surface area contributed by atoms with E-state index in [1.54, 1.807) is 36.1 Å². The third-order valence-corrected chi connectivity index (χ3v) is 6.68. The van der Waals surface area contributed by atoms with E-state index in [2.05, 4.69) is 5.32 Å². The van der Waals surface area contributed by atoms with E-state index in [9.17, 15) is 22.8 Å². The smallest absolute Gasteiger partial charge is 0.416 e. The van der Waals surface area contributed by atoms with E-state index >= 15 is 0 Å². The van der Waals surface area contributed by atoms with Crippen LogP contribution in [0.25, 0.3) is 0 Å². The molecule has 0 unspecified atom stereocenters. The minimum atomic E-state index is -4.44. The number of hydrogen-bond acceptors (Lipinski definition) is 3. The van der Waals surface area contributed by atoms with Gasteiger partial charge in [0.15, 0.2) is 0 Å². The van der Waals surface area contributed by atoms with Crippen LogP contribution in [0.1, 0.15) is 51.9 Å². The fourth-order valence-corrected chi connectivity index (χ4v) is 4.56. The van der Waals surface area contributed by atoms with E-state index in [1.807, 2.05) is 60.7 Å². The number of hydrogen-bond donors (Lipinski definition) is 1. The van der Waals surface area contributed by atoms with Gasteiger partial charge in [-0.05, 0) is 66.4 Å². The maximum absolute atomic E-state index is 13.5. The van der Waals surface area contributed by atoms with Crippen LogP contribution in [0, 0.1) is 0 Å². The minimum Gasteiger partial charge on any atom is -0.462 e. The van der Waals surface area contributed by atoms with Gasteiger partial charge < -0.3 is 15.0 Å². The number of amides is 2. The second-order valence-corrected chi connectivity index (χ2v) is 9.51. The molecular formula is C33H31F3N2O3. The lowest BCUT2D eigenvalue weighted by Crippen LogP contribution is -2.36. The van der Waals surface area contributed by atoms with E-state index < -0.39 is 23.7 Å².